The van der Waals surface area contributed by atoms with E-state index in [-0.39, 0.29) is 18.3 Å². The molecule has 188 valence electrons. The Labute approximate surface area is 230 Å². The van der Waals surface area contributed by atoms with E-state index >= 15 is 0 Å². The summed E-state index contributed by atoms with van der Waals surface area (Å²) in [6.45, 7) is 4.54. The number of amides is 1. The van der Waals surface area contributed by atoms with Crippen molar-refractivity contribution >= 4 is 69.7 Å². The SMILES string of the molecule is CCOC(=O)c1ccc(N(Cc2ccc(Cl)cc2Cl)C(=S)NC(=O)c2ccc(OCC)c(Cl)c2)cc1. The van der Waals surface area contributed by atoms with Crippen molar-refractivity contribution in [2.75, 3.05) is 18.1 Å². The summed E-state index contributed by atoms with van der Waals surface area (Å²) in [6.07, 6.45) is 0. The van der Waals surface area contributed by atoms with Gasteiger partial charge in [-0.15, -0.1) is 0 Å². The van der Waals surface area contributed by atoms with Gasteiger partial charge in [-0.25, -0.2) is 4.79 Å². The second-order valence-corrected chi connectivity index (χ2v) is 9.06. The van der Waals surface area contributed by atoms with E-state index in [1.54, 1.807) is 66.4 Å². The van der Waals surface area contributed by atoms with E-state index in [0.29, 0.717) is 44.2 Å². The molecule has 0 fully saturated rings. The van der Waals surface area contributed by atoms with Crippen molar-refractivity contribution in [2.24, 2.45) is 0 Å². The number of nitrogens with zero attached hydrogens (tertiary/aromatic N) is 1. The van der Waals surface area contributed by atoms with Crippen LogP contribution in [0.1, 0.15) is 40.1 Å². The summed E-state index contributed by atoms with van der Waals surface area (Å²) in [6, 6.07) is 16.5. The molecule has 0 aliphatic carbocycles. The number of halogens is 3. The minimum absolute atomic E-state index is 0.125. The zero-order valence-corrected chi connectivity index (χ0v) is 22.6. The van der Waals surface area contributed by atoms with E-state index in [9.17, 15) is 9.59 Å². The molecule has 0 unspecified atom stereocenters. The second-order valence-electron chi connectivity index (χ2n) is 7.43. The van der Waals surface area contributed by atoms with Crippen LogP contribution in [-0.4, -0.2) is 30.2 Å². The smallest absolute Gasteiger partial charge is 0.338 e. The fraction of sp³-hybridized carbons (Fsp3) is 0.192. The number of thiocarbonyl (C=S) groups is 1. The van der Waals surface area contributed by atoms with Crippen LogP contribution in [0.2, 0.25) is 15.1 Å². The molecule has 6 nitrogen and oxygen atoms in total. The lowest BCUT2D eigenvalue weighted by atomic mass is 10.1. The largest absolute Gasteiger partial charge is 0.492 e. The predicted octanol–water partition coefficient (Wildman–Crippen LogP) is 6.94. The van der Waals surface area contributed by atoms with Gasteiger partial charge in [0, 0.05) is 21.3 Å². The fourth-order valence-electron chi connectivity index (χ4n) is 3.24. The zero-order valence-electron chi connectivity index (χ0n) is 19.5. The number of hydrogen-bond donors (Lipinski definition) is 1. The Kier molecular flexibility index (Phi) is 9.96. The maximum Gasteiger partial charge on any atom is 0.338 e. The first kappa shape index (κ1) is 27.7. The molecule has 3 aromatic carbocycles. The third kappa shape index (κ3) is 7.11. The first-order chi connectivity index (χ1) is 17.2. The summed E-state index contributed by atoms with van der Waals surface area (Å²) in [5, 5.41) is 4.12. The average Bonchev–Trinajstić information content (AvgIpc) is 2.85. The van der Waals surface area contributed by atoms with Crippen LogP contribution in [0.5, 0.6) is 5.75 Å². The van der Waals surface area contributed by atoms with Gasteiger partial charge in [0.15, 0.2) is 5.11 Å². The van der Waals surface area contributed by atoms with E-state index in [4.69, 9.17) is 56.5 Å². The minimum Gasteiger partial charge on any atom is -0.492 e. The molecule has 0 bridgehead atoms. The molecule has 3 rings (SSSR count). The Morgan fingerprint density at radius 1 is 0.889 bits per heavy atom. The second kappa shape index (κ2) is 12.9. The number of carbonyl (C=O) groups excluding carboxylic acids is 2. The number of esters is 1. The molecule has 0 saturated heterocycles. The zero-order chi connectivity index (χ0) is 26.2. The van der Waals surface area contributed by atoms with Crippen LogP contribution in [0.25, 0.3) is 0 Å². The van der Waals surface area contributed by atoms with Crippen LogP contribution < -0.4 is 15.0 Å². The number of carbonyl (C=O) groups is 2. The third-order valence-corrected chi connectivity index (χ3v) is 6.20. The highest BCUT2D eigenvalue weighted by atomic mass is 35.5. The molecule has 1 amide bonds. The topological polar surface area (TPSA) is 67.9 Å². The number of benzene rings is 3. The molecule has 1 N–H and O–H groups in total. The molecule has 0 aliphatic rings. The van der Waals surface area contributed by atoms with Gasteiger partial charge in [-0.2, -0.15) is 0 Å². The number of nitrogens with one attached hydrogen (secondary N) is 1. The maximum absolute atomic E-state index is 13.0. The van der Waals surface area contributed by atoms with Crippen LogP contribution in [0.3, 0.4) is 0 Å². The van der Waals surface area contributed by atoms with Crippen LogP contribution in [-0.2, 0) is 11.3 Å². The Bertz CT molecular complexity index is 1270. The summed E-state index contributed by atoms with van der Waals surface area (Å²) in [5.41, 5.74) is 2.07. The van der Waals surface area contributed by atoms with Crippen molar-refractivity contribution < 1.29 is 19.1 Å². The van der Waals surface area contributed by atoms with E-state index < -0.39 is 11.9 Å². The summed E-state index contributed by atoms with van der Waals surface area (Å²) >= 11 is 24.3. The first-order valence-corrected chi connectivity index (χ1v) is 12.5. The number of ether oxygens (including phenoxy) is 2. The third-order valence-electron chi connectivity index (χ3n) is 4.99. The van der Waals surface area contributed by atoms with Gasteiger partial charge in [-0.1, -0.05) is 40.9 Å². The molecular formula is C26H23Cl3N2O4S. The molecule has 3 aromatic rings. The summed E-state index contributed by atoms with van der Waals surface area (Å²) < 4.78 is 10.5. The van der Waals surface area contributed by atoms with Gasteiger partial charge in [0.2, 0.25) is 0 Å². The summed E-state index contributed by atoms with van der Waals surface area (Å²) in [7, 11) is 0. The van der Waals surface area contributed by atoms with Gasteiger partial charge in [-0.05, 0) is 86.2 Å². The lowest BCUT2D eigenvalue weighted by Crippen LogP contribution is -2.42. The molecule has 10 heteroatoms. The van der Waals surface area contributed by atoms with Crippen molar-refractivity contribution in [3.05, 3.63) is 92.4 Å². The molecule has 0 atom stereocenters. The summed E-state index contributed by atoms with van der Waals surface area (Å²) in [4.78, 5) is 26.7. The molecular weight excluding hydrogens is 543 g/mol. The van der Waals surface area contributed by atoms with E-state index in [2.05, 4.69) is 5.32 Å². The van der Waals surface area contributed by atoms with Gasteiger partial charge >= 0.3 is 5.97 Å². The Balaban J connectivity index is 1.88. The molecule has 0 spiro atoms. The molecule has 0 saturated carbocycles. The van der Waals surface area contributed by atoms with Gasteiger partial charge in [0.1, 0.15) is 5.75 Å². The first-order valence-electron chi connectivity index (χ1n) is 11.0. The van der Waals surface area contributed by atoms with E-state index in [1.807, 2.05) is 6.92 Å². The van der Waals surface area contributed by atoms with Crippen LogP contribution in [0.15, 0.2) is 60.7 Å². The Hall–Kier alpha value is -2.84. The van der Waals surface area contributed by atoms with Gasteiger partial charge in [0.05, 0.1) is 30.3 Å². The highest BCUT2D eigenvalue weighted by molar-refractivity contribution is 7.80. The lowest BCUT2D eigenvalue weighted by Gasteiger charge is -2.26. The number of anilines is 1. The van der Waals surface area contributed by atoms with Crippen molar-refractivity contribution in [1.82, 2.24) is 5.32 Å². The highest BCUT2D eigenvalue weighted by Crippen LogP contribution is 2.27. The standard InChI is InChI=1S/C26H23Cl3N2O4S/c1-3-34-23-12-8-17(13-22(23)29)24(32)30-26(36)31(15-18-5-9-19(27)14-21(18)28)20-10-6-16(7-11-20)25(33)35-4-2/h5-14H,3-4,15H2,1-2H3,(H,30,32,36). The van der Waals surface area contributed by atoms with Crippen LogP contribution in [0.4, 0.5) is 5.69 Å². The van der Waals surface area contributed by atoms with Gasteiger partial charge in [-0.3, -0.25) is 10.1 Å². The monoisotopic (exact) mass is 564 g/mol. The maximum atomic E-state index is 13.0. The minimum atomic E-state index is -0.444. The number of rotatable bonds is 8. The summed E-state index contributed by atoms with van der Waals surface area (Å²) in [5.74, 6) is -0.390. The Morgan fingerprint density at radius 2 is 1.58 bits per heavy atom. The van der Waals surface area contributed by atoms with Gasteiger partial charge in [0.25, 0.3) is 5.91 Å². The molecule has 0 heterocycles. The lowest BCUT2D eigenvalue weighted by molar-refractivity contribution is 0.0526. The fourth-order valence-corrected chi connectivity index (χ4v) is 4.21. The van der Waals surface area contributed by atoms with Crippen molar-refractivity contribution in [3.63, 3.8) is 0 Å². The molecule has 36 heavy (non-hydrogen) atoms. The number of hydrogen-bond acceptors (Lipinski definition) is 5. The highest BCUT2D eigenvalue weighted by Gasteiger charge is 2.19. The Morgan fingerprint density at radius 3 is 2.19 bits per heavy atom. The van der Waals surface area contributed by atoms with Crippen LogP contribution in [0, 0.1) is 0 Å². The predicted molar refractivity (Wildman–Crippen MR) is 148 cm³/mol. The van der Waals surface area contributed by atoms with Gasteiger partial charge < -0.3 is 14.4 Å². The van der Waals surface area contributed by atoms with Crippen LogP contribution >= 0.6 is 47.0 Å². The van der Waals surface area contributed by atoms with E-state index in [0.717, 1.165) is 5.56 Å². The van der Waals surface area contributed by atoms with E-state index in [1.165, 1.54) is 6.07 Å². The quantitative estimate of drug-likeness (QED) is 0.236. The van der Waals surface area contributed by atoms with Crippen molar-refractivity contribution in [3.8, 4) is 5.75 Å². The van der Waals surface area contributed by atoms with Crippen molar-refractivity contribution in [2.45, 2.75) is 20.4 Å². The average molecular weight is 566 g/mol. The molecule has 0 radical (unpaired) electrons. The molecule has 0 aliphatic heterocycles. The molecule has 0 aromatic heterocycles. The normalized spacial score (nSPS) is 10.5. The van der Waals surface area contributed by atoms with Crippen molar-refractivity contribution in [1.29, 1.82) is 0 Å².